The van der Waals surface area contributed by atoms with Crippen molar-refractivity contribution in [3.05, 3.63) is 58.5 Å². The van der Waals surface area contributed by atoms with Gasteiger partial charge in [0.1, 0.15) is 5.69 Å². The van der Waals surface area contributed by atoms with E-state index in [-0.39, 0.29) is 5.91 Å². The van der Waals surface area contributed by atoms with Gasteiger partial charge in [0.05, 0.1) is 11.4 Å². The smallest absolute Gasteiger partial charge is 0.269 e. The number of nitrogens with zero attached hydrogens (tertiary/aromatic N) is 4. The molecular formula is C21H26N6O. The van der Waals surface area contributed by atoms with Crippen LogP contribution in [0.15, 0.2) is 30.3 Å². The number of benzene rings is 1. The summed E-state index contributed by atoms with van der Waals surface area (Å²) < 4.78 is 1.83. The average Bonchev–Trinajstić information content (AvgIpc) is 3.26. The molecular weight excluding hydrogens is 352 g/mol. The van der Waals surface area contributed by atoms with Crippen LogP contribution in [0, 0.1) is 13.8 Å². The number of aromatic nitrogens is 4. The van der Waals surface area contributed by atoms with E-state index in [1.54, 1.807) is 6.07 Å². The van der Waals surface area contributed by atoms with E-state index < -0.39 is 0 Å². The number of hydrogen-bond donors (Lipinski definition) is 2. The number of hydrogen-bond acceptors (Lipinski definition) is 4. The van der Waals surface area contributed by atoms with Crippen LogP contribution in [0.1, 0.15) is 33.0 Å². The zero-order valence-electron chi connectivity index (χ0n) is 16.6. The van der Waals surface area contributed by atoms with E-state index in [0.717, 1.165) is 48.7 Å². The summed E-state index contributed by atoms with van der Waals surface area (Å²) in [5.74, 6) is -0.129. The zero-order chi connectivity index (χ0) is 19.7. The molecule has 4 rings (SSSR count). The van der Waals surface area contributed by atoms with E-state index in [2.05, 4.69) is 49.8 Å². The molecule has 3 aromatic rings. The number of aromatic amines is 1. The molecule has 2 aromatic heterocycles. The van der Waals surface area contributed by atoms with Crippen LogP contribution in [-0.4, -0.2) is 50.4 Å². The van der Waals surface area contributed by atoms with Crippen LogP contribution in [-0.2, 0) is 20.0 Å². The Bertz CT molecular complexity index is 1000. The van der Waals surface area contributed by atoms with Crippen LogP contribution in [0.4, 0.5) is 0 Å². The van der Waals surface area contributed by atoms with Crippen LogP contribution in [0.2, 0.25) is 0 Å². The maximum Gasteiger partial charge on any atom is 0.269 e. The fraction of sp³-hybridized carbons (Fsp3) is 0.381. The zero-order valence-corrected chi connectivity index (χ0v) is 16.6. The highest BCUT2D eigenvalue weighted by atomic mass is 16.1. The molecule has 0 saturated heterocycles. The molecule has 0 spiro atoms. The first-order valence-corrected chi connectivity index (χ1v) is 9.66. The summed E-state index contributed by atoms with van der Waals surface area (Å²) in [5.41, 5.74) is 6.96. The first-order valence-electron chi connectivity index (χ1n) is 9.66. The lowest BCUT2D eigenvalue weighted by molar-refractivity contribution is 0.0942. The molecule has 0 atom stereocenters. The van der Waals surface area contributed by atoms with Crippen molar-refractivity contribution in [3.8, 4) is 11.3 Å². The predicted octanol–water partition coefficient (Wildman–Crippen LogP) is 2.22. The van der Waals surface area contributed by atoms with Crippen molar-refractivity contribution in [2.75, 3.05) is 19.6 Å². The van der Waals surface area contributed by atoms with E-state index in [0.29, 0.717) is 12.2 Å². The van der Waals surface area contributed by atoms with E-state index in [1.165, 1.54) is 11.1 Å². The van der Waals surface area contributed by atoms with Crippen molar-refractivity contribution in [2.24, 2.45) is 7.05 Å². The summed E-state index contributed by atoms with van der Waals surface area (Å²) in [6.45, 7) is 7.37. The second-order valence-electron chi connectivity index (χ2n) is 7.39. The number of carbonyl (C=O) groups excluding carboxylic acids is 1. The van der Waals surface area contributed by atoms with E-state index in [9.17, 15) is 4.79 Å². The Hall–Kier alpha value is -2.93. The van der Waals surface area contributed by atoms with E-state index in [4.69, 9.17) is 0 Å². The first kappa shape index (κ1) is 18.4. The lowest BCUT2D eigenvalue weighted by Crippen LogP contribution is -2.37. The minimum Gasteiger partial charge on any atom is -0.349 e. The Kier molecular flexibility index (Phi) is 5.00. The Labute approximate surface area is 164 Å². The Morgan fingerprint density at radius 1 is 1.25 bits per heavy atom. The van der Waals surface area contributed by atoms with Gasteiger partial charge in [-0.2, -0.15) is 10.2 Å². The summed E-state index contributed by atoms with van der Waals surface area (Å²) in [6.07, 6.45) is 1.07. The molecule has 0 saturated carbocycles. The summed E-state index contributed by atoms with van der Waals surface area (Å²) in [5, 5.41) is 14.6. The quantitative estimate of drug-likeness (QED) is 0.714. The molecule has 0 radical (unpaired) electrons. The normalized spacial score (nSPS) is 14.1. The largest absolute Gasteiger partial charge is 0.349 e. The van der Waals surface area contributed by atoms with Gasteiger partial charge in [-0.15, -0.1) is 0 Å². The molecule has 0 unspecified atom stereocenters. The van der Waals surface area contributed by atoms with Gasteiger partial charge in [0.2, 0.25) is 0 Å². The van der Waals surface area contributed by atoms with Crippen molar-refractivity contribution in [1.82, 2.24) is 30.2 Å². The van der Waals surface area contributed by atoms with Gasteiger partial charge in [0.15, 0.2) is 0 Å². The lowest BCUT2D eigenvalue weighted by Gasteiger charge is -2.28. The molecule has 1 aromatic carbocycles. The number of rotatable bonds is 5. The third kappa shape index (κ3) is 3.57. The lowest BCUT2D eigenvalue weighted by atomic mass is 10.00. The van der Waals surface area contributed by atoms with Crippen molar-refractivity contribution < 1.29 is 4.79 Å². The Morgan fingerprint density at radius 3 is 2.79 bits per heavy atom. The number of fused-ring (bicyclic) bond motifs is 1. The SMILES string of the molecule is Cc1nn(C)c(C)c1-c1cc(C(=O)NCCN2CCc3ccccc3C2)[nH]n1. The fourth-order valence-electron chi connectivity index (χ4n) is 3.88. The van der Waals surface area contributed by atoms with Crippen LogP contribution < -0.4 is 5.32 Å². The van der Waals surface area contributed by atoms with E-state index in [1.807, 2.05) is 25.6 Å². The summed E-state index contributed by atoms with van der Waals surface area (Å²) >= 11 is 0. The van der Waals surface area contributed by atoms with Gasteiger partial charge >= 0.3 is 0 Å². The van der Waals surface area contributed by atoms with E-state index >= 15 is 0 Å². The highest BCUT2D eigenvalue weighted by Gasteiger charge is 2.18. The standard InChI is InChI=1S/C21H26N6O/c1-14-20(15(2)26(3)25-14)18-12-19(24-23-18)21(28)22-9-11-27-10-8-16-6-4-5-7-17(16)13-27/h4-7,12H,8-11,13H2,1-3H3,(H,22,28)(H,23,24). The molecule has 7 nitrogen and oxygen atoms in total. The van der Waals surface area contributed by atoms with Crippen molar-refractivity contribution in [2.45, 2.75) is 26.8 Å². The molecule has 1 aliphatic heterocycles. The molecule has 0 aliphatic carbocycles. The Balaban J connectivity index is 1.33. The molecule has 2 N–H and O–H groups in total. The number of nitrogens with one attached hydrogen (secondary N) is 2. The predicted molar refractivity (Wildman–Crippen MR) is 108 cm³/mol. The van der Waals surface area contributed by atoms with Crippen LogP contribution in [0.5, 0.6) is 0 Å². The topological polar surface area (TPSA) is 78.8 Å². The Morgan fingerprint density at radius 2 is 2.04 bits per heavy atom. The number of H-pyrrole nitrogens is 1. The van der Waals surface area contributed by atoms with Gasteiger partial charge in [-0.25, -0.2) is 0 Å². The van der Waals surface area contributed by atoms with Gasteiger partial charge in [-0.05, 0) is 37.5 Å². The maximum atomic E-state index is 12.5. The van der Waals surface area contributed by atoms with Gasteiger partial charge in [0, 0.05) is 44.5 Å². The van der Waals surface area contributed by atoms with Gasteiger partial charge in [-0.1, -0.05) is 24.3 Å². The summed E-state index contributed by atoms with van der Waals surface area (Å²) in [7, 11) is 1.91. The fourth-order valence-corrected chi connectivity index (χ4v) is 3.88. The number of carbonyl (C=O) groups is 1. The molecule has 146 valence electrons. The average molecular weight is 378 g/mol. The molecule has 0 bridgehead atoms. The number of aryl methyl sites for hydroxylation is 2. The molecule has 3 heterocycles. The molecule has 7 heteroatoms. The second-order valence-corrected chi connectivity index (χ2v) is 7.39. The molecule has 1 aliphatic rings. The molecule has 0 fully saturated rings. The highest BCUT2D eigenvalue weighted by Crippen LogP contribution is 2.25. The van der Waals surface area contributed by atoms with Crippen LogP contribution in [0.3, 0.4) is 0 Å². The molecule has 28 heavy (non-hydrogen) atoms. The summed E-state index contributed by atoms with van der Waals surface area (Å²) in [6, 6.07) is 10.4. The third-order valence-corrected chi connectivity index (χ3v) is 5.51. The highest BCUT2D eigenvalue weighted by molar-refractivity contribution is 5.93. The van der Waals surface area contributed by atoms with Gasteiger partial charge in [0.25, 0.3) is 5.91 Å². The van der Waals surface area contributed by atoms with Crippen molar-refractivity contribution >= 4 is 5.91 Å². The first-order chi connectivity index (χ1) is 13.5. The summed E-state index contributed by atoms with van der Waals surface area (Å²) in [4.78, 5) is 14.9. The third-order valence-electron chi connectivity index (χ3n) is 5.51. The van der Waals surface area contributed by atoms with Crippen molar-refractivity contribution in [3.63, 3.8) is 0 Å². The minimum atomic E-state index is -0.129. The van der Waals surface area contributed by atoms with Crippen LogP contribution >= 0.6 is 0 Å². The van der Waals surface area contributed by atoms with Gasteiger partial charge in [-0.3, -0.25) is 19.5 Å². The molecule has 1 amide bonds. The minimum absolute atomic E-state index is 0.129. The van der Waals surface area contributed by atoms with Gasteiger partial charge < -0.3 is 5.32 Å². The maximum absolute atomic E-state index is 12.5. The van der Waals surface area contributed by atoms with Crippen LogP contribution in [0.25, 0.3) is 11.3 Å². The van der Waals surface area contributed by atoms with Crippen molar-refractivity contribution in [1.29, 1.82) is 0 Å². The number of amides is 1. The monoisotopic (exact) mass is 378 g/mol. The second kappa shape index (κ2) is 7.59.